The van der Waals surface area contributed by atoms with Crippen LogP contribution in [0.1, 0.15) is 51.7 Å². The molecule has 19 heavy (non-hydrogen) atoms. The number of hydrogen-bond acceptors (Lipinski definition) is 2. The summed E-state index contributed by atoms with van der Waals surface area (Å²) >= 11 is 0. The molecule has 0 saturated carbocycles. The molecule has 2 heteroatoms. The molecule has 0 heterocycles. The molecule has 0 aromatic heterocycles. The van der Waals surface area contributed by atoms with Crippen LogP contribution >= 0.6 is 0 Å². The van der Waals surface area contributed by atoms with E-state index in [0.717, 1.165) is 26.1 Å². The second kappa shape index (κ2) is 9.99. The average molecular weight is 263 g/mol. The van der Waals surface area contributed by atoms with Gasteiger partial charge in [0.2, 0.25) is 0 Å². The molecule has 2 unspecified atom stereocenters. The predicted molar refractivity (Wildman–Crippen MR) is 82.4 cm³/mol. The summed E-state index contributed by atoms with van der Waals surface area (Å²) in [5, 5.41) is 3.46. The molecule has 2 atom stereocenters. The van der Waals surface area contributed by atoms with E-state index >= 15 is 0 Å². The van der Waals surface area contributed by atoms with E-state index in [4.69, 9.17) is 4.74 Å². The van der Waals surface area contributed by atoms with E-state index in [0.29, 0.717) is 5.92 Å². The maximum atomic E-state index is 6.13. The minimum Gasteiger partial charge on any atom is -0.372 e. The van der Waals surface area contributed by atoms with Crippen molar-refractivity contribution in [2.75, 3.05) is 19.7 Å². The molecular weight excluding hydrogens is 234 g/mol. The molecule has 0 aliphatic carbocycles. The minimum atomic E-state index is 0.173. The van der Waals surface area contributed by atoms with Crippen LogP contribution in [-0.4, -0.2) is 19.7 Å². The van der Waals surface area contributed by atoms with Crippen molar-refractivity contribution in [3.05, 3.63) is 35.9 Å². The van der Waals surface area contributed by atoms with Crippen molar-refractivity contribution < 1.29 is 4.74 Å². The van der Waals surface area contributed by atoms with E-state index in [1.54, 1.807) is 0 Å². The first-order chi connectivity index (χ1) is 9.27. The molecular formula is C17H29NO. The molecule has 1 aromatic rings. The van der Waals surface area contributed by atoms with Crippen LogP contribution in [-0.2, 0) is 4.74 Å². The molecule has 2 nitrogen and oxygen atoms in total. The Morgan fingerprint density at radius 1 is 1.11 bits per heavy atom. The first-order valence-corrected chi connectivity index (χ1v) is 7.65. The summed E-state index contributed by atoms with van der Waals surface area (Å²) < 4.78 is 6.13. The van der Waals surface area contributed by atoms with Crippen LogP contribution in [0.2, 0.25) is 0 Å². The lowest BCUT2D eigenvalue weighted by atomic mass is 10.1. The zero-order valence-corrected chi connectivity index (χ0v) is 12.7. The minimum absolute atomic E-state index is 0.173. The van der Waals surface area contributed by atoms with E-state index in [1.165, 1.54) is 18.4 Å². The number of ether oxygens (including phenoxy) is 1. The van der Waals surface area contributed by atoms with Gasteiger partial charge in [0.15, 0.2) is 0 Å². The molecule has 1 rings (SSSR count). The first-order valence-electron chi connectivity index (χ1n) is 7.65. The lowest BCUT2D eigenvalue weighted by Crippen LogP contribution is -2.25. The Bertz CT molecular complexity index is 312. The second-order valence-electron chi connectivity index (χ2n) is 5.33. The molecule has 1 N–H and O–H groups in total. The highest BCUT2D eigenvalue weighted by Gasteiger charge is 2.12. The molecule has 0 aliphatic heterocycles. The third kappa shape index (κ3) is 6.74. The van der Waals surface area contributed by atoms with Crippen LogP contribution in [0.4, 0.5) is 0 Å². The standard InChI is InChI=1S/C17H29NO/c1-4-9-15(3)14-19-17(13-18-12-5-2)16-10-7-6-8-11-16/h6-8,10-11,15,17-18H,4-5,9,12-14H2,1-3H3. The van der Waals surface area contributed by atoms with E-state index in [9.17, 15) is 0 Å². The van der Waals surface area contributed by atoms with Gasteiger partial charge >= 0.3 is 0 Å². The SMILES string of the molecule is CCCNCC(OCC(C)CCC)c1ccccc1. The van der Waals surface area contributed by atoms with E-state index < -0.39 is 0 Å². The molecule has 108 valence electrons. The monoisotopic (exact) mass is 263 g/mol. The fourth-order valence-electron chi connectivity index (χ4n) is 2.21. The van der Waals surface area contributed by atoms with Gasteiger partial charge in [-0.25, -0.2) is 0 Å². The molecule has 1 aromatic carbocycles. The van der Waals surface area contributed by atoms with Gasteiger partial charge in [0, 0.05) is 6.54 Å². The molecule has 0 amide bonds. The molecule has 0 fully saturated rings. The second-order valence-corrected chi connectivity index (χ2v) is 5.33. The maximum absolute atomic E-state index is 6.13. The third-order valence-electron chi connectivity index (χ3n) is 3.29. The van der Waals surface area contributed by atoms with Crippen molar-refractivity contribution in [1.29, 1.82) is 0 Å². The van der Waals surface area contributed by atoms with Gasteiger partial charge in [-0.2, -0.15) is 0 Å². The quantitative estimate of drug-likeness (QED) is 0.639. The molecule has 0 saturated heterocycles. The van der Waals surface area contributed by atoms with Gasteiger partial charge in [-0.3, -0.25) is 0 Å². The Morgan fingerprint density at radius 2 is 1.84 bits per heavy atom. The zero-order chi connectivity index (χ0) is 13.9. The summed E-state index contributed by atoms with van der Waals surface area (Å²) in [6.07, 6.45) is 3.80. The van der Waals surface area contributed by atoms with Crippen LogP contribution < -0.4 is 5.32 Å². The predicted octanol–water partition coefficient (Wildman–Crippen LogP) is 4.18. The number of benzene rings is 1. The van der Waals surface area contributed by atoms with Gasteiger partial charge in [0.05, 0.1) is 12.7 Å². The summed E-state index contributed by atoms with van der Waals surface area (Å²) in [6.45, 7) is 9.49. The highest BCUT2D eigenvalue weighted by atomic mass is 16.5. The Hall–Kier alpha value is -0.860. The summed E-state index contributed by atoms with van der Waals surface area (Å²) in [5.74, 6) is 0.641. The van der Waals surface area contributed by atoms with Crippen molar-refractivity contribution >= 4 is 0 Å². The van der Waals surface area contributed by atoms with Crippen molar-refractivity contribution in [3.8, 4) is 0 Å². The van der Waals surface area contributed by atoms with E-state index in [-0.39, 0.29) is 6.10 Å². The maximum Gasteiger partial charge on any atom is 0.0949 e. The highest BCUT2D eigenvalue weighted by Crippen LogP contribution is 2.18. The number of hydrogen-bond donors (Lipinski definition) is 1. The van der Waals surface area contributed by atoms with Gasteiger partial charge in [-0.15, -0.1) is 0 Å². The Balaban J connectivity index is 2.49. The topological polar surface area (TPSA) is 21.3 Å². The van der Waals surface area contributed by atoms with Crippen LogP contribution in [0, 0.1) is 5.92 Å². The van der Waals surface area contributed by atoms with Crippen molar-refractivity contribution in [3.63, 3.8) is 0 Å². The Morgan fingerprint density at radius 3 is 2.47 bits per heavy atom. The van der Waals surface area contributed by atoms with Crippen molar-refractivity contribution in [2.45, 2.75) is 46.1 Å². The highest BCUT2D eigenvalue weighted by molar-refractivity contribution is 5.17. The smallest absolute Gasteiger partial charge is 0.0949 e. The Labute approximate surface area is 118 Å². The number of rotatable bonds is 10. The van der Waals surface area contributed by atoms with Crippen LogP contribution in [0.3, 0.4) is 0 Å². The summed E-state index contributed by atoms with van der Waals surface area (Å²) in [5.41, 5.74) is 1.27. The van der Waals surface area contributed by atoms with Crippen LogP contribution in [0.25, 0.3) is 0 Å². The molecule has 0 bridgehead atoms. The van der Waals surface area contributed by atoms with Gasteiger partial charge < -0.3 is 10.1 Å². The Kier molecular flexibility index (Phi) is 8.52. The largest absolute Gasteiger partial charge is 0.372 e. The zero-order valence-electron chi connectivity index (χ0n) is 12.7. The van der Waals surface area contributed by atoms with Crippen molar-refractivity contribution in [1.82, 2.24) is 5.32 Å². The number of nitrogens with one attached hydrogen (secondary N) is 1. The van der Waals surface area contributed by atoms with Crippen LogP contribution in [0.15, 0.2) is 30.3 Å². The first kappa shape index (κ1) is 16.2. The molecule has 0 aliphatic rings. The fourth-order valence-corrected chi connectivity index (χ4v) is 2.21. The lowest BCUT2D eigenvalue weighted by molar-refractivity contribution is 0.0300. The molecule has 0 spiro atoms. The fraction of sp³-hybridized carbons (Fsp3) is 0.647. The van der Waals surface area contributed by atoms with Crippen LogP contribution in [0.5, 0.6) is 0 Å². The normalized spacial score (nSPS) is 14.3. The summed E-state index contributed by atoms with van der Waals surface area (Å²) in [4.78, 5) is 0. The third-order valence-corrected chi connectivity index (χ3v) is 3.29. The van der Waals surface area contributed by atoms with Gasteiger partial charge in [0.1, 0.15) is 0 Å². The van der Waals surface area contributed by atoms with Gasteiger partial charge in [-0.1, -0.05) is 57.5 Å². The van der Waals surface area contributed by atoms with Gasteiger partial charge in [-0.05, 0) is 30.9 Å². The summed E-state index contributed by atoms with van der Waals surface area (Å²) in [7, 11) is 0. The molecule has 0 radical (unpaired) electrons. The average Bonchev–Trinajstić information content (AvgIpc) is 2.44. The van der Waals surface area contributed by atoms with E-state index in [2.05, 4.69) is 56.4 Å². The summed E-state index contributed by atoms with van der Waals surface area (Å²) in [6, 6.07) is 10.5. The van der Waals surface area contributed by atoms with E-state index in [1.807, 2.05) is 0 Å². The van der Waals surface area contributed by atoms with Gasteiger partial charge in [0.25, 0.3) is 0 Å². The van der Waals surface area contributed by atoms with Crippen molar-refractivity contribution in [2.24, 2.45) is 5.92 Å². The lowest BCUT2D eigenvalue weighted by Gasteiger charge is -2.21.